The molecule has 0 bridgehead atoms. The van der Waals surface area contributed by atoms with Crippen molar-refractivity contribution < 1.29 is 33.0 Å². The number of anilines is 2. The summed E-state index contributed by atoms with van der Waals surface area (Å²) in [5.74, 6) is 0.0661. The van der Waals surface area contributed by atoms with Crippen molar-refractivity contribution in [3.8, 4) is 11.5 Å². The molecule has 1 amide bonds. The number of aryl methyl sites for hydroxylation is 2. The molecule has 0 saturated heterocycles. The molecule has 4 rings (SSSR count). The van der Waals surface area contributed by atoms with Gasteiger partial charge in [-0.3, -0.25) is 9.69 Å². The van der Waals surface area contributed by atoms with Crippen LogP contribution in [0.2, 0.25) is 0 Å². The Morgan fingerprint density at radius 1 is 1.16 bits per heavy atom. The molecule has 10 heteroatoms. The number of carbonyl (C=O) groups excluding carboxylic acids is 3. The maximum atomic E-state index is 16.0. The zero-order chi connectivity index (χ0) is 33.4. The number of aromatic hydroxyl groups is 1. The number of benzene rings is 2. The second-order valence-corrected chi connectivity index (χ2v) is 11.3. The number of nitrogens with one attached hydrogen (secondary N) is 1. The van der Waals surface area contributed by atoms with Crippen molar-refractivity contribution in [1.82, 2.24) is 4.98 Å². The molecule has 9 nitrogen and oxygen atoms in total. The summed E-state index contributed by atoms with van der Waals surface area (Å²) in [6.07, 6.45) is 1.51. The van der Waals surface area contributed by atoms with Crippen molar-refractivity contribution in [3.05, 3.63) is 88.5 Å². The van der Waals surface area contributed by atoms with Gasteiger partial charge < -0.3 is 29.2 Å². The largest absolute Gasteiger partial charge is 0.506 e. The van der Waals surface area contributed by atoms with Gasteiger partial charge in [0, 0.05) is 24.3 Å². The first kappa shape index (κ1) is 35.5. The molecule has 1 unspecified atom stereocenters. The van der Waals surface area contributed by atoms with E-state index in [0.717, 1.165) is 23.3 Å². The minimum atomic E-state index is -0.850. The molecule has 0 saturated carbocycles. The first-order valence-corrected chi connectivity index (χ1v) is 14.0. The van der Waals surface area contributed by atoms with Gasteiger partial charge in [0.2, 0.25) is 0 Å². The van der Waals surface area contributed by atoms with E-state index in [4.69, 9.17) is 18.7 Å². The number of nitrogens with zero attached hydrogens (tertiary/aromatic N) is 2. The predicted octanol–water partition coefficient (Wildman–Crippen LogP) is 7.64. The fraction of sp³-hybridized carbons (Fsp3) is 0.353. The van der Waals surface area contributed by atoms with Crippen LogP contribution in [0.25, 0.3) is 0 Å². The van der Waals surface area contributed by atoms with E-state index in [9.17, 15) is 9.90 Å². The highest BCUT2D eigenvalue weighted by Crippen LogP contribution is 2.48. The molecule has 0 fully saturated rings. The van der Waals surface area contributed by atoms with Gasteiger partial charge >= 0.3 is 0 Å². The van der Waals surface area contributed by atoms with E-state index in [0.29, 0.717) is 35.2 Å². The van der Waals surface area contributed by atoms with Crippen molar-refractivity contribution in [2.24, 2.45) is 5.41 Å². The van der Waals surface area contributed by atoms with E-state index in [1.165, 1.54) is 11.0 Å². The molecule has 1 aliphatic heterocycles. The van der Waals surface area contributed by atoms with E-state index in [2.05, 4.69) is 37.7 Å². The van der Waals surface area contributed by atoms with Crippen molar-refractivity contribution in [2.75, 3.05) is 16.8 Å². The number of aromatic nitrogens is 1. The molecule has 2 aromatic carbocycles. The molecular weight excluding hydrogens is 565 g/mol. The average molecular weight is 608 g/mol. The summed E-state index contributed by atoms with van der Waals surface area (Å²) in [4.78, 5) is 36.2. The first-order chi connectivity index (χ1) is 20.8. The zero-order valence-corrected chi connectivity index (χ0v) is 26.5. The second-order valence-electron chi connectivity index (χ2n) is 11.3. The topological polar surface area (TPSA) is 122 Å². The molecular formula is C34H42FN3O6. The minimum absolute atomic E-state index is 0.0207. The van der Waals surface area contributed by atoms with Crippen LogP contribution in [-0.2, 0) is 9.59 Å². The summed E-state index contributed by atoms with van der Waals surface area (Å²) in [6, 6.07) is 8.78. The SMILES string of the molecule is C=C(C)COc1ccc(C2C(C)=C(CC(C)(C)CC)Nc3c(O)cccc3N2C(=O)c2nc(C)oc2C)c(F)c1.C=O.C=O. The fourth-order valence-electron chi connectivity index (χ4n) is 4.86. The Hall–Kier alpha value is -4.73. The molecule has 1 aromatic heterocycles. The third-order valence-corrected chi connectivity index (χ3v) is 7.39. The van der Waals surface area contributed by atoms with Gasteiger partial charge in [-0.2, -0.15) is 0 Å². The van der Waals surface area contributed by atoms with Crippen LogP contribution < -0.4 is 15.0 Å². The predicted molar refractivity (Wildman–Crippen MR) is 170 cm³/mol. The molecule has 236 valence electrons. The van der Waals surface area contributed by atoms with Gasteiger partial charge in [0.05, 0.1) is 11.7 Å². The van der Waals surface area contributed by atoms with E-state index in [-0.39, 0.29) is 29.0 Å². The summed E-state index contributed by atoms with van der Waals surface area (Å²) in [5, 5.41) is 14.4. The van der Waals surface area contributed by atoms with Gasteiger partial charge in [0.25, 0.3) is 5.91 Å². The molecule has 2 N–H and O–H groups in total. The third-order valence-electron chi connectivity index (χ3n) is 7.39. The summed E-state index contributed by atoms with van der Waals surface area (Å²) in [7, 11) is 0. The number of para-hydroxylation sites is 1. The number of fused-ring (bicyclic) bond motifs is 1. The minimum Gasteiger partial charge on any atom is -0.506 e. The number of allylic oxidation sites excluding steroid dienone is 1. The summed E-state index contributed by atoms with van der Waals surface area (Å²) in [6.45, 7) is 21.6. The maximum Gasteiger partial charge on any atom is 0.281 e. The number of carbonyl (C=O) groups is 3. The monoisotopic (exact) mass is 607 g/mol. The van der Waals surface area contributed by atoms with Crippen LogP contribution in [0, 0.1) is 25.1 Å². The van der Waals surface area contributed by atoms with Crippen LogP contribution in [0.4, 0.5) is 15.8 Å². The van der Waals surface area contributed by atoms with E-state index < -0.39 is 17.8 Å². The zero-order valence-electron chi connectivity index (χ0n) is 26.5. The smallest absolute Gasteiger partial charge is 0.281 e. The highest BCUT2D eigenvalue weighted by atomic mass is 19.1. The molecule has 44 heavy (non-hydrogen) atoms. The highest BCUT2D eigenvalue weighted by molar-refractivity contribution is 6.09. The number of phenolic OH excluding ortho intramolecular Hbond substituents is 1. The van der Waals surface area contributed by atoms with Crippen LogP contribution in [0.15, 0.2) is 64.2 Å². The van der Waals surface area contributed by atoms with Crippen LogP contribution in [0.1, 0.15) is 81.2 Å². The van der Waals surface area contributed by atoms with Crippen LogP contribution in [-0.4, -0.2) is 36.2 Å². The molecule has 1 aliphatic rings. The average Bonchev–Trinajstić information content (AvgIpc) is 3.28. The standard InChI is InChI=1S/C32H38FN3O4.2CH2O/c1-9-32(7,8)16-25-19(4)30(23-14-13-22(15-24(23)33)39-17-18(2)3)36(26-11-10-12-27(37)29(26)35-25)31(38)28-20(5)40-21(6)34-28;2*1-2/h10-15,30,35,37H,2,9,16-17H2,1,3-8H3;2*1H2. The normalized spacial score (nSPS) is 14.2. The Kier molecular flexibility index (Phi) is 12.2. The van der Waals surface area contributed by atoms with Gasteiger partial charge in [-0.1, -0.05) is 39.8 Å². The van der Waals surface area contributed by atoms with Gasteiger partial charge in [0.15, 0.2) is 11.6 Å². The van der Waals surface area contributed by atoms with Crippen LogP contribution in [0.3, 0.4) is 0 Å². The third kappa shape index (κ3) is 7.80. The van der Waals surface area contributed by atoms with Crippen molar-refractivity contribution >= 4 is 30.9 Å². The Labute approximate surface area is 258 Å². The lowest BCUT2D eigenvalue weighted by atomic mass is 9.83. The summed E-state index contributed by atoms with van der Waals surface area (Å²) >= 11 is 0. The van der Waals surface area contributed by atoms with Crippen molar-refractivity contribution in [2.45, 2.75) is 67.3 Å². The maximum absolute atomic E-state index is 16.0. The van der Waals surface area contributed by atoms with E-state index >= 15 is 4.39 Å². The van der Waals surface area contributed by atoms with Crippen LogP contribution in [0.5, 0.6) is 11.5 Å². The first-order valence-electron chi connectivity index (χ1n) is 14.0. The number of phenols is 1. The van der Waals surface area contributed by atoms with E-state index in [1.807, 2.05) is 27.4 Å². The molecule has 0 aliphatic carbocycles. The Morgan fingerprint density at radius 2 is 1.82 bits per heavy atom. The number of hydrogen-bond acceptors (Lipinski definition) is 8. The summed E-state index contributed by atoms with van der Waals surface area (Å²) < 4.78 is 27.3. The lowest BCUT2D eigenvalue weighted by molar-refractivity contribution is -0.0987. The number of halogens is 1. The molecule has 0 spiro atoms. The lowest BCUT2D eigenvalue weighted by Gasteiger charge is -2.33. The number of amides is 1. The lowest BCUT2D eigenvalue weighted by Crippen LogP contribution is -2.36. The van der Waals surface area contributed by atoms with Gasteiger partial charge in [0.1, 0.15) is 48.9 Å². The van der Waals surface area contributed by atoms with Crippen molar-refractivity contribution in [3.63, 3.8) is 0 Å². The van der Waals surface area contributed by atoms with Gasteiger partial charge in [-0.15, -0.1) is 0 Å². The number of hydrogen-bond donors (Lipinski definition) is 2. The molecule has 1 atom stereocenters. The van der Waals surface area contributed by atoms with Gasteiger partial charge in [-0.25, -0.2) is 9.37 Å². The quantitative estimate of drug-likeness (QED) is 0.198. The fourth-order valence-corrected chi connectivity index (χ4v) is 4.86. The molecule has 2 heterocycles. The summed E-state index contributed by atoms with van der Waals surface area (Å²) in [5.41, 5.74) is 3.46. The van der Waals surface area contributed by atoms with Gasteiger partial charge in [-0.05, 0) is 68.0 Å². The Bertz CT molecular complexity index is 1530. The highest BCUT2D eigenvalue weighted by Gasteiger charge is 2.39. The molecule has 3 aromatic rings. The van der Waals surface area contributed by atoms with Crippen molar-refractivity contribution in [1.29, 1.82) is 0 Å². The van der Waals surface area contributed by atoms with E-state index in [1.54, 1.807) is 44.2 Å². The second kappa shape index (κ2) is 15.1. The number of oxazole rings is 1. The Balaban J connectivity index is 0.00000162. The Morgan fingerprint density at radius 3 is 2.36 bits per heavy atom. The van der Waals surface area contributed by atoms with Crippen LogP contribution >= 0.6 is 0 Å². The number of ether oxygens (including phenoxy) is 1. The number of rotatable bonds is 8. The molecule has 0 radical (unpaired) electrons.